The first-order valence-electron chi connectivity index (χ1n) is 7.74. The van der Waals surface area contributed by atoms with Crippen LogP contribution in [0.4, 0.5) is 4.39 Å². The van der Waals surface area contributed by atoms with Crippen LogP contribution in [0.25, 0.3) is 6.08 Å². The van der Waals surface area contributed by atoms with Crippen LogP contribution in [-0.2, 0) is 4.79 Å². The molecule has 0 saturated carbocycles. The Kier molecular flexibility index (Phi) is 7.30. The van der Waals surface area contributed by atoms with E-state index in [1.54, 1.807) is 30.3 Å². The molecular weight excluding hydrogens is 329 g/mol. The number of carbonyl (C=O) groups excluding carboxylic acids is 1. The lowest BCUT2D eigenvalue weighted by atomic mass is 10.2. The van der Waals surface area contributed by atoms with E-state index in [4.69, 9.17) is 16.3 Å². The van der Waals surface area contributed by atoms with Crippen LogP contribution in [-0.4, -0.2) is 19.1 Å². The lowest BCUT2D eigenvalue weighted by Gasteiger charge is -2.06. The van der Waals surface area contributed by atoms with E-state index in [0.717, 1.165) is 18.6 Å². The Bertz CT molecular complexity index is 686. The van der Waals surface area contributed by atoms with Crippen LogP contribution < -0.4 is 10.1 Å². The van der Waals surface area contributed by atoms with Crippen LogP contribution in [0.2, 0.25) is 5.02 Å². The maximum atomic E-state index is 13.4. The molecule has 0 aliphatic heterocycles. The van der Waals surface area contributed by atoms with Crippen molar-refractivity contribution in [1.82, 2.24) is 5.32 Å². The number of benzene rings is 2. The molecule has 2 aromatic rings. The van der Waals surface area contributed by atoms with Crippen molar-refractivity contribution >= 4 is 23.6 Å². The molecule has 0 aromatic heterocycles. The summed E-state index contributed by atoms with van der Waals surface area (Å²) in [4.78, 5) is 11.6. The van der Waals surface area contributed by atoms with Crippen LogP contribution in [0.3, 0.4) is 0 Å². The van der Waals surface area contributed by atoms with E-state index >= 15 is 0 Å². The highest BCUT2D eigenvalue weighted by atomic mass is 35.5. The summed E-state index contributed by atoms with van der Waals surface area (Å²) in [7, 11) is 0. The first-order chi connectivity index (χ1) is 11.6. The van der Waals surface area contributed by atoms with Crippen molar-refractivity contribution in [2.45, 2.75) is 12.8 Å². The zero-order chi connectivity index (χ0) is 17.2. The molecule has 126 valence electrons. The van der Waals surface area contributed by atoms with Crippen molar-refractivity contribution in [2.24, 2.45) is 0 Å². The number of halogens is 2. The third-order valence-corrected chi connectivity index (χ3v) is 3.52. The van der Waals surface area contributed by atoms with Gasteiger partial charge in [0.25, 0.3) is 0 Å². The van der Waals surface area contributed by atoms with E-state index in [2.05, 4.69) is 5.32 Å². The van der Waals surface area contributed by atoms with Crippen LogP contribution in [0.1, 0.15) is 18.4 Å². The summed E-state index contributed by atoms with van der Waals surface area (Å²) in [6.45, 7) is 1.12. The standard InChI is InChI=1S/C19H19ClFNO2/c20-16-8-10-17(11-9-16)24-14-4-3-13-22-19(23)12-7-15-5-1-2-6-18(15)21/h1-2,5-12H,3-4,13-14H2,(H,22,23)/b12-7-. The van der Waals surface area contributed by atoms with E-state index in [1.807, 2.05) is 12.1 Å². The minimum absolute atomic E-state index is 0.239. The van der Waals surface area contributed by atoms with Gasteiger partial charge in [0, 0.05) is 23.2 Å². The molecular formula is C19H19ClFNO2. The molecule has 0 radical (unpaired) electrons. The SMILES string of the molecule is O=C(/C=C\c1ccccc1F)NCCCCOc1ccc(Cl)cc1. The van der Waals surface area contributed by atoms with Crippen molar-refractivity contribution in [3.8, 4) is 5.75 Å². The third-order valence-electron chi connectivity index (χ3n) is 3.27. The predicted molar refractivity (Wildman–Crippen MR) is 94.6 cm³/mol. The molecule has 2 rings (SSSR count). The summed E-state index contributed by atoms with van der Waals surface area (Å²) in [6, 6.07) is 13.5. The molecule has 0 spiro atoms. The maximum Gasteiger partial charge on any atom is 0.244 e. The summed E-state index contributed by atoms with van der Waals surface area (Å²) < 4.78 is 18.9. The second-order valence-corrected chi connectivity index (χ2v) is 5.59. The Morgan fingerprint density at radius 2 is 1.88 bits per heavy atom. The smallest absolute Gasteiger partial charge is 0.244 e. The van der Waals surface area contributed by atoms with Gasteiger partial charge in [-0.2, -0.15) is 0 Å². The number of rotatable bonds is 8. The monoisotopic (exact) mass is 347 g/mol. The number of nitrogens with one attached hydrogen (secondary N) is 1. The van der Waals surface area contributed by atoms with Gasteiger partial charge in [0.15, 0.2) is 0 Å². The van der Waals surface area contributed by atoms with Crippen LogP contribution in [0, 0.1) is 5.82 Å². The van der Waals surface area contributed by atoms with E-state index in [1.165, 1.54) is 18.2 Å². The van der Waals surface area contributed by atoms with Crippen molar-refractivity contribution in [3.05, 3.63) is 71.0 Å². The molecule has 3 nitrogen and oxygen atoms in total. The molecule has 5 heteroatoms. The van der Waals surface area contributed by atoms with Gasteiger partial charge in [-0.25, -0.2) is 4.39 Å². The highest BCUT2D eigenvalue weighted by Crippen LogP contribution is 2.15. The third kappa shape index (κ3) is 6.42. The fourth-order valence-corrected chi connectivity index (χ4v) is 2.12. The second kappa shape index (κ2) is 9.73. The zero-order valence-corrected chi connectivity index (χ0v) is 13.9. The lowest BCUT2D eigenvalue weighted by Crippen LogP contribution is -2.22. The van der Waals surface area contributed by atoms with Crippen LogP contribution in [0.5, 0.6) is 5.75 Å². The molecule has 2 aromatic carbocycles. The van der Waals surface area contributed by atoms with Gasteiger partial charge in [0.05, 0.1) is 6.61 Å². The summed E-state index contributed by atoms with van der Waals surface area (Å²) in [6.07, 6.45) is 4.42. The Labute approximate surface area is 146 Å². The summed E-state index contributed by atoms with van der Waals surface area (Å²) in [5.41, 5.74) is 0.393. The molecule has 1 amide bonds. The summed E-state index contributed by atoms with van der Waals surface area (Å²) >= 11 is 5.80. The number of amides is 1. The predicted octanol–water partition coefficient (Wildman–Crippen LogP) is 4.47. The van der Waals surface area contributed by atoms with Gasteiger partial charge in [-0.3, -0.25) is 4.79 Å². The van der Waals surface area contributed by atoms with Gasteiger partial charge in [-0.15, -0.1) is 0 Å². The Balaban J connectivity index is 1.59. The van der Waals surface area contributed by atoms with Crippen LogP contribution in [0.15, 0.2) is 54.6 Å². The van der Waals surface area contributed by atoms with Gasteiger partial charge in [-0.05, 0) is 49.2 Å². The van der Waals surface area contributed by atoms with Gasteiger partial charge in [-0.1, -0.05) is 29.8 Å². The highest BCUT2D eigenvalue weighted by molar-refractivity contribution is 6.30. The maximum absolute atomic E-state index is 13.4. The van der Waals surface area contributed by atoms with Crippen molar-refractivity contribution in [1.29, 1.82) is 0 Å². The normalized spacial score (nSPS) is 10.8. The van der Waals surface area contributed by atoms with Gasteiger partial charge in [0.2, 0.25) is 5.91 Å². The molecule has 0 saturated heterocycles. The van der Waals surface area contributed by atoms with Crippen molar-refractivity contribution in [3.63, 3.8) is 0 Å². The summed E-state index contributed by atoms with van der Waals surface area (Å²) in [5.74, 6) is 0.189. The van der Waals surface area contributed by atoms with Crippen LogP contribution >= 0.6 is 11.6 Å². The topological polar surface area (TPSA) is 38.3 Å². The zero-order valence-electron chi connectivity index (χ0n) is 13.2. The Hall–Kier alpha value is -2.33. The van der Waals surface area contributed by atoms with E-state index in [-0.39, 0.29) is 11.7 Å². The average molecular weight is 348 g/mol. The quantitative estimate of drug-likeness (QED) is 0.565. The van der Waals surface area contributed by atoms with Crippen molar-refractivity contribution in [2.75, 3.05) is 13.2 Å². The van der Waals surface area contributed by atoms with Crippen molar-refractivity contribution < 1.29 is 13.9 Å². The highest BCUT2D eigenvalue weighted by Gasteiger charge is 1.99. The molecule has 0 atom stereocenters. The first-order valence-corrected chi connectivity index (χ1v) is 8.12. The fraction of sp³-hybridized carbons (Fsp3) is 0.211. The molecule has 0 bridgehead atoms. The Morgan fingerprint density at radius 3 is 2.62 bits per heavy atom. The van der Waals surface area contributed by atoms with Gasteiger partial charge in [0.1, 0.15) is 11.6 Å². The molecule has 0 aliphatic carbocycles. The number of hydrogen-bond acceptors (Lipinski definition) is 2. The average Bonchev–Trinajstić information content (AvgIpc) is 2.59. The molecule has 0 heterocycles. The largest absolute Gasteiger partial charge is 0.494 e. The number of carbonyl (C=O) groups is 1. The molecule has 0 aliphatic rings. The minimum Gasteiger partial charge on any atom is -0.494 e. The Morgan fingerprint density at radius 1 is 1.12 bits per heavy atom. The minimum atomic E-state index is -0.346. The van der Waals surface area contributed by atoms with E-state index in [0.29, 0.717) is 23.7 Å². The number of ether oxygens (including phenoxy) is 1. The second-order valence-electron chi connectivity index (χ2n) is 5.16. The van der Waals surface area contributed by atoms with Gasteiger partial charge < -0.3 is 10.1 Å². The number of hydrogen-bond donors (Lipinski definition) is 1. The summed E-state index contributed by atoms with van der Waals surface area (Å²) in [5, 5.41) is 3.43. The fourth-order valence-electron chi connectivity index (χ4n) is 1.99. The number of unbranched alkanes of at least 4 members (excludes halogenated alkanes) is 1. The molecule has 0 fully saturated rings. The first kappa shape index (κ1) is 18.0. The lowest BCUT2D eigenvalue weighted by molar-refractivity contribution is -0.116. The molecule has 0 unspecified atom stereocenters. The van der Waals surface area contributed by atoms with E-state index < -0.39 is 0 Å². The molecule has 1 N–H and O–H groups in total. The van der Waals surface area contributed by atoms with E-state index in [9.17, 15) is 9.18 Å². The molecule has 24 heavy (non-hydrogen) atoms. The van der Waals surface area contributed by atoms with Gasteiger partial charge >= 0.3 is 0 Å².